The van der Waals surface area contributed by atoms with Gasteiger partial charge in [0.2, 0.25) is 0 Å². The maximum atomic E-state index is 11.9. The van der Waals surface area contributed by atoms with E-state index in [1.807, 2.05) is 0 Å². The van der Waals surface area contributed by atoms with E-state index in [0.717, 1.165) is 6.07 Å². The Balaban J connectivity index is 3.12. The zero-order valence-electron chi connectivity index (χ0n) is 7.12. The van der Waals surface area contributed by atoms with Gasteiger partial charge in [-0.3, -0.25) is 0 Å². The second-order valence-electron chi connectivity index (χ2n) is 2.57. The van der Waals surface area contributed by atoms with Gasteiger partial charge in [-0.15, -0.1) is 13.2 Å². The monoisotopic (exact) mass is 240 g/mol. The average Bonchev–Trinajstić information content (AvgIpc) is 1.99. The van der Waals surface area contributed by atoms with Crippen molar-refractivity contribution in [2.75, 3.05) is 0 Å². The molecule has 2 N–H and O–H groups in total. The van der Waals surface area contributed by atoms with Crippen LogP contribution < -0.4 is 10.2 Å². The predicted octanol–water partition coefficient (Wildman–Crippen LogP) is 0.918. The summed E-state index contributed by atoms with van der Waals surface area (Å²) in [6.45, 7) is 0. The Morgan fingerprint density at radius 2 is 1.87 bits per heavy atom. The van der Waals surface area contributed by atoms with Gasteiger partial charge in [0.05, 0.1) is 0 Å². The van der Waals surface area contributed by atoms with Gasteiger partial charge in [0, 0.05) is 10.5 Å². The van der Waals surface area contributed by atoms with Crippen LogP contribution in [-0.2, 0) is 0 Å². The smallest absolute Gasteiger partial charge is 0.423 e. The van der Waals surface area contributed by atoms with Crippen molar-refractivity contribution in [2.45, 2.75) is 6.36 Å². The lowest BCUT2D eigenvalue weighted by atomic mass is 9.79. The molecule has 0 atom stereocenters. The molecule has 0 aliphatic carbocycles. The van der Waals surface area contributed by atoms with E-state index in [-0.39, 0.29) is 5.02 Å². The average molecular weight is 240 g/mol. The Morgan fingerprint density at radius 1 is 1.27 bits per heavy atom. The van der Waals surface area contributed by atoms with E-state index >= 15 is 0 Å². The van der Waals surface area contributed by atoms with E-state index < -0.39 is 24.7 Å². The topological polar surface area (TPSA) is 49.7 Å². The number of halogens is 4. The van der Waals surface area contributed by atoms with Crippen molar-refractivity contribution >= 4 is 24.2 Å². The van der Waals surface area contributed by atoms with Crippen molar-refractivity contribution in [3.8, 4) is 5.75 Å². The molecule has 8 heteroatoms. The fourth-order valence-corrected chi connectivity index (χ4v) is 1.24. The Labute approximate surface area is 88.2 Å². The zero-order chi connectivity index (χ0) is 11.6. The van der Waals surface area contributed by atoms with E-state index in [0.29, 0.717) is 0 Å². The third-order valence-corrected chi connectivity index (χ3v) is 1.83. The summed E-state index contributed by atoms with van der Waals surface area (Å²) in [4.78, 5) is 0. The molecule has 1 aromatic rings. The molecule has 0 fully saturated rings. The molecule has 0 heterocycles. The van der Waals surface area contributed by atoms with E-state index in [1.54, 1.807) is 0 Å². The molecule has 0 spiro atoms. The lowest BCUT2D eigenvalue weighted by Crippen LogP contribution is -2.34. The van der Waals surface area contributed by atoms with Crippen LogP contribution in [0.1, 0.15) is 0 Å². The summed E-state index contributed by atoms with van der Waals surface area (Å²) in [5.74, 6) is -0.731. The zero-order valence-corrected chi connectivity index (χ0v) is 7.88. The van der Waals surface area contributed by atoms with E-state index in [2.05, 4.69) is 4.74 Å². The van der Waals surface area contributed by atoms with Crippen molar-refractivity contribution in [3.05, 3.63) is 23.2 Å². The number of hydrogen-bond donors (Lipinski definition) is 2. The summed E-state index contributed by atoms with van der Waals surface area (Å²) in [7, 11) is -2.13. The summed E-state index contributed by atoms with van der Waals surface area (Å²) >= 11 is 5.49. The lowest BCUT2D eigenvalue weighted by Gasteiger charge is -2.13. The molecule has 0 saturated heterocycles. The summed E-state index contributed by atoms with van der Waals surface area (Å²) in [5.41, 5.74) is -0.517. The summed E-state index contributed by atoms with van der Waals surface area (Å²) in [5, 5.41) is 17.4. The van der Waals surface area contributed by atoms with Crippen molar-refractivity contribution < 1.29 is 28.0 Å². The van der Waals surface area contributed by atoms with E-state index in [4.69, 9.17) is 21.6 Å². The van der Waals surface area contributed by atoms with Gasteiger partial charge in [-0.05, 0) is 12.1 Å². The molecular weight excluding hydrogens is 235 g/mol. The highest BCUT2D eigenvalue weighted by molar-refractivity contribution is 6.63. The molecule has 0 aromatic heterocycles. The Hall–Kier alpha value is -0.915. The minimum Gasteiger partial charge on any atom is -0.423 e. The van der Waals surface area contributed by atoms with Crippen LogP contribution in [0.25, 0.3) is 0 Å². The quantitative estimate of drug-likeness (QED) is 0.756. The molecule has 0 bridgehead atoms. The Kier molecular flexibility index (Phi) is 3.48. The van der Waals surface area contributed by atoms with Gasteiger partial charge in [0.15, 0.2) is 0 Å². The summed E-state index contributed by atoms with van der Waals surface area (Å²) < 4.78 is 39.2. The molecule has 0 aliphatic rings. The first-order valence-electron chi connectivity index (χ1n) is 3.71. The van der Waals surface area contributed by atoms with Crippen LogP contribution in [0.4, 0.5) is 13.2 Å². The van der Waals surface area contributed by atoms with Gasteiger partial charge in [0.1, 0.15) is 5.75 Å². The summed E-state index contributed by atoms with van der Waals surface area (Å²) in [6.07, 6.45) is -4.91. The third-order valence-electron chi connectivity index (χ3n) is 1.50. The molecule has 1 aromatic carbocycles. The largest absolute Gasteiger partial charge is 0.573 e. The van der Waals surface area contributed by atoms with Crippen molar-refractivity contribution in [1.82, 2.24) is 0 Å². The fourth-order valence-electron chi connectivity index (χ4n) is 0.981. The normalized spacial score (nSPS) is 11.3. The molecule has 0 radical (unpaired) electrons. The van der Waals surface area contributed by atoms with Crippen LogP contribution in [0.3, 0.4) is 0 Å². The summed E-state index contributed by atoms with van der Waals surface area (Å²) in [6, 6.07) is 3.36. The standard InChI is InChI=1S/C7H5BClF3O3/c9-4-2-1-3-5(6(4)8(13)14)15-7(10,11)12/h1-3,13-14H. The lowest BCUT2D eigenvalue weighted by molar-refractivity contribution is -0.274. The molecule has 1 rings (SSSR count). The maximum absolute atomic E-state index is 11.9. The molecule has 15 heavy (non-hydrogen) atoms. The molecule has 0 aliphatic heterocycles. The van der Waals surface area contributed by atoms with E-state index in [9.17, 15) is 13.2 Å². The van der Waals surface area contributed by atoms with Gasteiger partial charge in [0.25, 0.3) is 0 Å². The molecule has 82 valence electrons. The van der Waals surface area contributed by atoms with Crippen molar-refractivity contribution in [3.63, 3.8) is 0 Å². The van der Waals surface area contributed by atoms with Crippen LogP contribution in [0, 0.1) is 0 Å². The van der Waals surface area contributed by atoms with Crippen LogP contribution in [0.5, 0.6) is 5.75 Å². The molecule has 3 nitrogen and oxygen atoms in total. The van der Waals surface area contributed by atoms with Crippen LogP contribution in [0.15, 0.2) is 18.2 Å². The fraction of sp³-hybridized carbons (Fsp3) is 0.143. The van der Waals surface area contributed by atoms with Gasteiger partial charge in [-0.2, -0.15) is 0 Å². The van der Waals surface area contributed by atoms with Crippen molar-refractivity contribution in [1.29, 1.82) is 0 Å². The van der Waals surface area contributed by atoms with Crippen LogP contribution in [0.2, 0.25) is 5.02 Å². The minimum atomic E-state index is -4.91. The van der Waals surface area contributed by atoms with Gasteiger partial charge < -0.3 is 14.8 Å². The minimum absolute atomic E-state index is 0.216. The number of alkyl halides is 3. The second-order valence-corrected chi connectivity index (χ2v) is 2.98. The predicted molar refractivity (Wildman–Crippen MR) is 48.0 cm³/mol. The van der Waals surface area contributed by atoms with Gasteiger partial charge in [-0.1, -0.05) is 17.7 Å². The SMILES string of the molecule is OB(O)c1c(Cl)cccc1OC(F)(F)F. The first-order chi connectivity index (χ1) is 6.81. The van der Waals surface area contributed by atoms with E-state index in [1.165, 1.54) is 12.1 Å². The van der Waals surface area contributed by atoms with Gasteiger partial charge >= 0.3 is 13.5 Å². The second kappa shape index (κ2) is 4.30. The maximum Gasteiger partial charge on any atom is 0.573 e. The van der Waals surface area contributed by atoms with Crippen molar-refractivity contribution in [2.24, 2.45) is 0 Å². The highest BCUT2D eigenvalue weighted by atomic mass is 35.5. The molecule has 0 saturated carbocycles. The molecule has 0 unspecified atom stereocenters. The first-order valence-corrected chi connectivity index (χ1v) is 4.09. The number of benzene rings is 1. The Morgan fingerprint density at radius 3 is 2.33 bits per heavy atom. The highest BCUT2D eigenvalue weighted by Crippen LogP contribution is 2.23. The first kappa shape index (κ1) is 12.2. The van der Waals surface area contributed by atoms with Crippen LogP contribution >= 0.6 is 11.6 Å². The highest BCUT2D eigenvalue weighted by Gasteiger charge is 2.34. The Bertz CT molecular complexity index is 356. The van der Waals surface area contributed by atoms with Gasteiger partial charge in [-0.25, -0.2) is 0 Å². The number of rotatable bonds is 2. The van der Waals surface area contributed by atoms with Crippen LogP contribution in [-0.4, -0.2) is 23.5 Å². The number of hydrogen-bond acceptors (Lipinski definition) is 3. The molecule has 0 amide bonds. The number of ether oxygens (including phenoxy) is 1. The third kappa shape index (κ3) is 3.30. The molecular formula is C7H5BClF3O3.